The zero-order chi connectivity index (χ0) is 14.4. The van der Waals surface area contributed by atoms with Gasteiger partial charge in [0.1, 0.15) is 24.3 Å². The fourth-order valence-corrected chi connectivity index (χ4v) is 2.02. The number of hydrogen-bond acceptors (Lipinski definition) is 3. The van der Waals surface area contributed by atoms with Crippen molar-refractivity contribution in [2.24, 2.45) is 0 Å². The molecular formula is C15H15BrFNO2. The maximum absolute atomic E-state index is 13.4. The lowest BCUT2D eigenvalue weighted by molar-refractivity contribution is 0.117. The van der Waals surface area contributed by atoms with Crippen molar-refractivity contribution in [2.75, 3.05) is 18.5 Å². The normalized spacial score (nSPS) is 11.9. The Morgan fingerprint density at radius 1 is 1.20 bits per heavy atom. The molecule has 0 aromatic heterocycles. The molecule has 0 aliphatic carbocycles. The third-order valence-corrected chi connectivity index (χ3v) is 3.13. The molecular weight excluding hydrogens is 325 g/mol. The van der Waals surface area contributed by atoms with Crippen LogP contribution in [-0.2, 0) is 0 Å². The van der Waals surface area contributed by atoms with E-state index in [1.54, 1.807) is 18.2 Å². The highest BCUT2D eigenvalue weighted by atomic mass is 79.9. The largest absolute Gasteiger partial charge is 0.491 e. The van der Waals surface area contributed by atoms with Gasteiger partial charge in [0.15, 0.2) is 0 Å². The van der Waals surface area contributed by atoms with Gasteiger partial charge in [0.2, 0.25) is 0 Å². The van der Waals surface area contributed by atoms with E-state index in [9.17, 15) is 9.50 Å². The first-order valence-corrected chi connectivity index (χ1v) is 6.99. The first-order chi connectivity index (χ1) is 9.65. The van der Waals surface area contributed by atoms with E-state index in [4.69, 9.17) is 4.74 Å². The summed E-state index contributed by atoms with van der Waals surface area (Å²) in [5, 5.41) is 12.7. The Kier molecular flexibility index (Phi) is 5.38. The highest BCUT2D eigenvalue weighted by Crippen LogP contribution is 2.18. The molecule has 0 amide bonds. The third-order valence-electron chi connectivity index (χ3n) is 2.64. The van der Waals surface area contributed by atoms with Gasteiger partial charge in [-0.05, 0) is 30.3 Å². The second-order valence-electron chi connectivity index (χ2n) is 4.28. The fourth-order valence-electron chi connectivity index (χ4n) is 1.64. The summed E-state index contributed by atoms with van der Waals surface area (Å²) in [5.74, 6) is 0.330. The van der Waals surface area contributed by atoms with E-state index in [0.717, 1.165) is 4.47 Å². The molecule has 0 spiro atoms. The van der Waals surface area contributed by atoms with Crippen molar-refractivity contribution >= 4 is 21.6 Å². The maximum atomic E-state index is 13.4. The summed E-state index contributed by atoms with van der Waals surface area (Å²) < 4.78 is 19.7. The molecule has 106 valence electrons. The lowest BCUT2D eigenvalue weighted by atomic mass is 10.3. The van der Waals surface area contributed by atoms with Gasteiger partial charge in [-0.2, -0.15) is 0 Å². The van der Waals surface area contributed by atoms with Crippen LogP contribution in [0.3, 0.4) is 0 Å². The molecule has 0 aliphatic rings. The average molecular weight is 340 g/mol. The zero-order valence-electron chi connectivity index (χ0n) is 10.7. The van der Waals surface area contributed by atoms with Crippen molar-refractivity contribution < 1.29 is 14.2 Å². The number of nitrogens with one attached hydrogen (secondary N) is 1. The van der Waals surface area contributed by atoms with Gasteiger partial charge in [-0.15, -0.1) is 0 Å². The monoisotopic (exact) mass is 339 g/mol. The standard InChI is InChI=1S/C15H15BrFNO2/c16-11-4-3-5-13(8-11)20-10-12(19)9-18-15-7-2-1-6-14(15)17/h1-8,12,18-19H,9-10H2. The van der Waals surface area contributed by atoms with Crippen LogP contribution in [-0.4, -0.2) is 24.4 Å². The molecule has 2 rings (SSSR count). The molecule has 0 bridgehead atoms. The number of aliphatic hydroxyl groups excluding tert-OH is 1. The Hall–Kier alpha value is -1.59. The summed E-state index contributed by atoms with van der Waals surface area (Å²) in [6.07, 6.45) is -0.728. The van der Waals surface area contributed by atoms with Gasteiger partial charge < -0.3 is 15.2 Å². The predicted octanol–water partition coefficient (Wildman–Crippen LogP) is 3.44. The van der Waals surface area contributed by atoms with Crippen molar-refractivity contribution in [1.82, 2.24) is 0 Å². The zero-order valence-corrected chi connectivity index (χ0v) is 12.3. The first kappa shape index (κ1) is 14.8. The van der Waals surface area contributed by atoms with Crippen molar-refractivity contribution in [1.29, 1.82) is 0 Å². The van der Waals surface area contributed by atoms with E-state index < -0.39 is 6.10 Å². The lowest BCUT2D eigenvalue weighted by Crippen LogP contribution is -2.26. The van der Waals surface area contributed by atoms with Gasteiger partial charge in [-0.3, -0.25) is 0 Å². The van der Waals surface area contributed by atoms with E-state index in [-0.39, 0.29) is 19.0 Å². The molecule has 2 N–H and O–H groups in total. The highest BCUT2D eigenvalue weighted by Gasteiger charge is 2.07. The van der Waals surface area contributed by atoms with Crippen LogP contribution in [0.2, 0.25) is 0 Å². The summed E-state index contributed by atoms with van der Waals surface area (Å²) >= 11 is 3.34. The van der Waals surface area contributed by atoms with Crippen molar-refractivity contribution in [3.63, 3.8) is 0 Å². The number of anilines is 1. The Morgan fingerprint density at radius 3 is 2.75 bits per heavy atom. The molecule has 1 unspecified atom stereocenters. The van der Waals surface area contributed by atoms with Gasteiger partial charge in [0.05, 0.1) is 5.69 Å². The van der Waals surface area contributed by atoms with Crippen LogP contribution < -0.4 is 10.1 Å². The van der Waals surface area contributed by atoms with Gasteiger partial charge in [0.25, 0.3) is 0 Å². The number of aliphatic hydroxyl groups is 1. The summed E-state index contributed by atoms with van der Waals surface area (Å²) in [7, 11) is 0. The summed E-state index contributed by atoms with van der Waals surface area (Å²) in [5.41, 5.74) is 0.369. The summed E-state index contributed by atoms with van der Waals surface area (Å²) in [4.78, 5) is 0. The molecule has 0 radical (unpaired) electrons. The number of hydrogen-bond donors (Lipinski definition) is 2. The second-order valence-corrected chi connectivity index (χ2v) is 5.20. The molecule has 0 saturated heterocycles. The molecule has 20 heavy (non-hydrogen) atoms. The van der Waals surface area contributed by atoms with E-state index >= 15 is 0 Å². The summed E-state index contributed by atoms with van der Waals surface area (Å²) in [6, 6.07) is 13.7. The van der Waals surface area contributed by atoms with Crippen LogP contribution in [0.4, 0.5) is 10.1 Å². The van der Waals surface area contributed by atoms with Gasteiger partial charge in [-0.25, -0.2) is 4.39 Å². The SMILES string of the molecule is OC(CNc1ccccc1F)COc1cccc(Br)c1. The van der Waals surface area contributed by atoms with Gasteiger partial charge in [0, 0.05) is 11.0 Å². The van der Waals surface area contributed by atoms with Crippen LogP contribution in [0.15, 0.2) is 53.0 Å². The number of ether oxygens (including phenoxy) is 1. The second kappa shape index (κ2) is 7.26. The Labute approximate surface area is 125 Å². The molecule has 2 aromatic rings. The Morgan fingerprint density at radius 2 is 2.00 bits per heavy atom. The molecule has 0 saturated carbocycles. The minimum absolute atomic E-state index is 0.137. The number of benzene rings is 2. The molecule has 2 aromatic carbocycles. The molecule has 1 atom stereocenters. The van der Waals surface area contributed by atoms with Gasteiger partial charge in [-0.1, -0.05) is 34.1 Å². The molecule has 3 nitrogen and oxygen atoms in total. The van der Waals surface area contributed by atoms with Crippen LogP contribution >= 0.6 is 15.9 Å². The van der Waals surface area contributed by atoms with Crippen molar-refractivity contribution in [2.45, 2.75) is 6.10 Å². The van der Waals surface area contributed by atoms with E-state index in [2.05, 4.69) is 21.2 Å². The summed E-state index contributed by atoms with van der Waals surface area (Å²) in [6.45, 7) is 0.354. The quantitative estimate of drug-likeness (QED) is 0.847. The van der Waals surface area contributed by atoms with E-state index in [1.165, 1.54) is 6.07 Å². The number of rotatable bonds is 6. The van der Waals surface area contributed by atoms with Crippen molar-refractivity contribution in [3.8, 4) is 5.75 Å². The number of para-hydroxylation sites is 1. The van der Waals surface area contributed by atoms with E-state index in [0.29, 0.717) is 11.4 Å². The smallest absolute Gasteiger partial charge is 0.146 e. The third kappa shape index (κ3) is 4.51. The van der Waals surface area contributed by atoms with Crippen molar-refractivity contribution in [3.05, 3.63) is 58.8 Å². The number of halogens is 2. The highest BCUT2D eigenvalue weighted by molar-refractivity contribution is 9.10. The molecule has 0 fully saturated rings. The fraction of sp³-hybridized carbons (Fsp3) is 0.200. The molecule has 0 aliphatic heterocycles. The predicted molar refractivity (Wildman–Crippen MR) is 80.5 cm³/mol. The topological polar surface area (TPSA) is 41.5 Å². The average Bonchev–Trinajstić information content (AvgIpc) is 2.44. The van der Waals surface area contributed by atoms with E-state index in [1.807, 2.05) is 24.3 Å². The van der Waals surface area contributed by atoms with Crippen LogP contribution in [0.25, 0.3) is 0 Å². The minimum atomic E-state index is -0.728. The Balaban J connectivity index is 1.78. The van der Waals surface area contributed by atoms with Crippen LogP contribution in [0, 0.1) is 5.82 Å². The minimum Gasteiger partial charge on any atom is -0.491 e. The molecule has 5 heteroatoms. The first-order valence-electron chi connectivity index (χ1n) is 6.20. The Bertz CT molecular complexity index is 565. The maximum Gasteiger partial charge on any atom is 0.146 e. The van der Waals surface area contributed by atoms with Crippen LogP contribution in [0.1, 0.15) is 0 Å². The van der Waals surface area contributed by atoms with Crippen LogP contribution in [0.5, 0.6) is 5.75 Å². The lowest BCUT2D eigenvalue weighted by Gasteiger charge is -2.14. The molecule has 0 heterocycles. The van der Waals surface area contributed by atoms with Gasteiger partial charge >= 0.3 is 0 Å².